The van der Waals surface area contributed by atoms with Gasteiger partial charge in [-0.2, -0.15) is 0 Å². The van der Waals surface area contributed by atoms with Gasteiger partial charge in [0.1, 0.15) is 4.34 Å². The number of thiophene rings is 1. The summed E-state index contributed by atoms with van der Waals surface area (Å²) in [4.78, 5) is 13.4. The Bertz CT molecular complexity index is 392. The quantitative estimate of drug-likeness (QED) is 0.842. The molecule has 0 saturated heterocycles. The number of carbonyl (C=O) groups excluding carboxylic acids is 1. The lowest BCUT2D eigenvalue weighted by molar-refractivity contribution is 0.0743. The molecule has 0 aromatic carbocycles. The van der Waals surface area contributed by atoms with Crippen molar-refractivity contribution in [2.24, 2.45) is 0 Å². The standard InChI is InChI=1S/C10H11Cl2NO2S/c1-2-3-13(4-5-14)10(15)7-6-8(11)16-9(7)12/h2,6,14H,1,3-5H2. The molecule has 0 spiro atoms. The Morgan fingerprint density at radius 3 is 2.75 bits per heavy atom. The molecule has 0 radical (unpaired) electrons. The first-order chi connectivity index (χ1) is 7.60. The summed E-state index contributed by atoms with van der Waals surface area (Å²) in [5.74, 6) is -0.248. The van der Waals surface area contributed by atoms with Crippen LogP contribution in [0.4, 0.5) is 0 Å². The van der Waals surface area contributed by atoms with Crippen LogP contribution in [0.2, 0.25) is 8.67 Å². The van der Waals surface area contributed by atoms with Crippen molar-refractivity contribution in [1.29, 1.82) is 0 Å². The molecule has 1 aromatic rings. The van der Waals surface area contributed by atoms with Crippen molar-refractivity contribution < 1.29 is 9.90 Å². The highest BCUT2D eigenvalue weighted by molar-refractivity contribution is 7.20. The largest absolute Gasteiger partial charge is 0.395 e. The van der Waals surface area contributed by atoms with Crippen molar-refractivity contribution in [3.63, 3.8) is 0 Å². The summed E-state index contributed by atoms with van der Waals surface area (Å²) in [5.41, 5.74) is 0.368. The molecule has 0 aliphatic rings. The molecule has 16 heavy (non-hydrogen) atoms. The zero-order chi connectivity index (χ0) is 12.1. The van der Waals surface area contributed by atoms with Gasteiger partial charge >= 0.3 is 0 Å². The molecule has 1 N–H and O–H groups in total. The number of hydrogen-bond acceptors (Lipinski definition) is 3. The van der Waals surface area contributed by atoms with Gasteiger partial charge in [0.2, 0.25) is 0 Å². The van der Waals surface area contributed by atoms with Gasteiger partial charge in [0.05, 0.1) is 16.5 Å². The second-order valence-corrected chi connectivity index (χ2v) is 5.29. The summed E-state index contributed by atoms with van der Waals surface area (Å²) in [6.07, 6.45) is 1.59. The molecule has 6 heteroatoms. The van der Waals surface area contributed by atoms with E-state index in [1.807, 2.05) is 0 Å². The van der Waals surface area contributed by atoms with Crippen LogP contribution in [0.25, 0.3) is 0 Å². The van der Waals surface area contributed by atoms with Crippen molar-refractivity contribution in [2.75, 3.05) is 19.7 Å². The first-order valence-corrected chi connectivity index (χ1v) is 6.13. The maximum atomic E-state index is 12.0. The van der Waals surface area contributed by atoms with E-state index in [9.17, 15) is 4.79 Å². The van der Waals surface area contributed by atoms with Crippen molar-refractivity contribution in [1.82, 2.24) is 4.90 Å². The Morgan fingerprint density at radius 2 is 2.31 bits per heavy atom. The van der Waals surface area contributed by atoms with Gasteiger partial charge in [-0.25, -0.2) is 0 Å². The van der Waals surface area contributed by atoms with E-state index in [4.69, 9.17) is 28.3 Å². The van der Waals surface area contributed by atoms with E-state index >= 15 is 0 Å². The number of nitrogens with zero attached hydrogens (tertiary/aromatic N) is 1. The number of aliphatic hydroxyl groups is 1. The number of halogens is 2. The number of rotatable bonds is 5. The first-order valence-electron chi connectivity index (χ1n) is 4.56. The zero-order valence-corrected chi connectivity index (χ0v) is 10.8. The second-order valence-electron chi connectivity index (χ2n) is 3.00. The van der Waals surface area contributed by atoms with Gasteiger partial charge in [-0.1, -0.05) is 29.3 Å². The highest BCUT2D eigenvalue weighted by Crippen LogP contribution is 2.31. The normalized spacial score (nSPS) is 10.2. The molecule has 0 bridgehead atoms. The summed E-state index contributed by atoms with van der Waals surface area (Å²) >= 11 is 12.8. The molecule has 1 rings (SSSR count). The number of carbonyl (C=O) groups is 1. The predicted molar refractivity (Wildman–Crippen MR) is 67.5 cm³/mol. The highest BCUT2D eigenvalue weighted by Gasteiger charge is 2.19. The summed E-state index contributed by atoms with van der Waals surface area (Å²) < 4.78 is 0.831. The van der Waals surface area contributed by atoms with Crippen LogP contribution in [0.3, 0.4) is 0 Å². The summed E-state index contributed by atoms with van der Waals surface area (Å²) in [6, 6.07) is 1.53. The summed E-state index contributed by atoms with van der Waals surface area (Å²) in [6.45, 7) is 4.06. The lowest BCUT2D eigenvalue weighted by Crippen LogP contribution is -2.33. The average Bonchev–Trinajstić information content (AvgIpc) is 2.56. The van der Waals surface area contributed by atoms with E-state index in [1.165, 1.54) is 11.0 Å². The third-order valence-electron chi connectivity index (χ3n) is 1.89. The van der Waals surface area contributed by atoms with Crippen LogP contribution in [0, 0.1) is 0 Å². The van der Waals surface area contributed by atoms with E-state index in [0.29, 0.717) is 20.8 Å². The lowest BCUT2D eigenvalue weighted by atomic mass is 10.3. The highest BCUT2D eigenvalue weighted by atomic mass is 35.5. The molecule has 0 fully saturated rings. The lowest BCUT2D eigenvalue weighted by Gasteiger charge is -2.19. The molecule has 1 aromatic heterocycles. The van der Waals surface area contributed by atoms with Gasteiger partial charge < -0.3 is 10.0 Å². The molecule has 1 heterocycles. The van der Waals surface area contributed by atoms with E-state index < -0.39 is 0 Å². The summed E-state index contributed by atoms with van der Waals surface area (Å²) in [7, 11) is 0. The zero-order valence-electron chi connectivity index (χ0n) is 8.45. The topological polar surface area (TPSA) is 40.5 Å². The Labute approximate surface area is 108 Å². The number of hydrogen-bond donors (Lipinski definition) is 1. The average molecular weight is 280 g/mol. The van der Waals surface area contributed by atoms with Crippen LogP contribution in [0.1, 0.15) is 10.4 Å². The Hall–Kier alpha value is -0.550. The van der Waals surface area contributed by atoms with Crippen LogP contribution in [-0.4, -0.2) is 35.6 Å². The fraction of sp³-hybridized carbons (Fsp3) is 0.300. The van der Waals surface area contributed by atoms with Crippen molar-refractivity contribution in [2.45, 2.75) is 0 Å². The van der Waals surface area contributed by atoms with Gasteiger partial charge in [0, 0.05) is 13.1 Å². The smallest absolute Gasteiger partial charge is 0.256 e. The van der Waals surface area contributed by atoms with Crippen LogP contribution in [0.5, 0.6) is 0 Å². The molecule has 0 aliphatic heterocycles. The van der Waals surface area contributed by atoms with E-state index in [-0.39, 0.29) is 19.1 Å². The molecule has 0 unspecified atom stereocenters. The van der Waals surface area contributed by atoms with E-state index in [1.54, 1.807) is 6.08 Å². The molecule has 0 aliphatic carbocycles. The molecule has 0 saturated carbocycles. The molecular formula is C10H11Cl2NO2S. The predicted octanol–water partition coefficient (Wildman–Crippen LogP) is 2.68. The minimum atomic E-state index is -0.248. The molecular weight excluding hydrogens is 269 g/mol. The van der Waals surface area contributed by atoms with Crippen molar-refractivity contribution in [3.8, 4) is 0 Å². The first kappa shape index (κ1) is 13.5. The molecule has 1 amide bonds. The van der Waals surface area contributed by atoms with Gasteiger partial charge in [-0.3, -0.25) is 4.79 Å². The third-order valence-corrected chi connectivity index (χ3v) is 3.38. The molecule has 3 nitrogen and oxygen atoms in total. The Balaban J connectivity index is 2.89. The van der Waals surface area contributed by atoms with Crippen LogP contribution < -0.4 is 0 Å². The molecule has 0 atom stereocenters. The summed E-state index contributed by atoms with van der Waals surface area (Å²) in [5, 5.41) is 8.85. The van der Waals surface area contributed by atoms with Crippen molar-refractivity contribution >= 4 is 40.4 Å². The number of aliphatic hydroxyl groups excluding tert-OH is 1. The van der Waals surface area contributed by atoms with Gasteiger partial charge in [-0.15, -0.1) is 17.9 Å². The van der Waals surface area contributed by atoms with Crippen LogP contribution in [0.15, 0.2) is 18.7 Å². The SMILES string of the molecule is C=CCN(CCO)C(=O)c1cc(Cl)sc1Cl. The van der Waals surface area contributed by atoms with E-state index in [0.717, 1.165) is 11.3 Å². The van der Waals surface area contributed by atoms with Gasteiger partial charge in [-0.05, 0) is 6.07 Å². The van der Waals surface area contributed by atoms with Gasteiger partial charge in [0.15, 0.2) is 0 Å². The fourth-order valence-corrected chi connectivity index (χ4v) is 2.66. The maximum Gasteiger partial charge on any atom is 0.256 e. The fourth-order valence-electron chi connectivity index (χ4n) is 1.21. The second kappa shape index (κ2) is 6.25. The Kier molecular flexibility index (Phi) is 5.28. The minimum Gasteiger partial charge on any atom is -0.395 e. The molecule has 88 valence electrons. The minimum absolute atomic E-state index is 0.102. The monoisotopic (exact) mass is 279 g/mol. The Morgan fingerprint density at radius 1 is 1.62 bits per heavy atom. The van der Waals surface area contributed by atoms with Crippen LogP contribution in [-0.2, 0) is 0 Å². The van der Waals surface area contributed by atoms with E-state index in [2.05, 4.69) is 6.58 Å². The van der Waals surface area contributed by atoms with Crippen molar-refractivity contribution in [3.05, 3.63) is 33.0 Å². The van der Waals surface area contributed by atoms with Crippen LogP contribution >= 0.6 is 34.5 Å². The third kappa shape index (κ3) is 3.22. The maximum absolute atomic E-state index is 12.0. The van der Waals surface area contributed by atoms with Gasteiger partial charge in [0.25, 0.3) is 5.91 Å². The number of amides is 1.